The van der Waals surface area contributed by atoms with Crippen LogP contribution >= 0.6 is 22.9 Å². The van der Waals surface area contributed by atoms with Crippen molar-refractivity contribution in [3.05, 3.63) is 53.0 Å². The van der Waals surface area contributed by atoms with Crippen molar-refractivity contribution in [2.24, 2.45) is 0 Å². The zero-order valence-electron chi connectivity index (χ0n) is 8.35. The van der Waals surface area contributed by atoms with Gasteiger partial charge in [0.2, 0.25) is 0 Å². The Bertz CT molecular complexity index is 631. The largest absolute Gasteiger partial charge is 0.225 e. The van der Waals surface area contributed by atoms with E-state index in [1.54, 1.807) is 11.3 Å². The molecular formula is C13H8ClNS. The van der Waals surface area contributed by atoms with E-state index in [9.17, 15) is 0 Å². The van der Waals surface area contributed by atoms with Gasteiger partial charge in [0.25, 0.3) is 0 Å². The summed E-state index contributed by atoms with van der Waals surface area (Å²) in [7, 11) is 0. The molecule has 0 bridgehead atoms. The summed E-state index contributed by atoms with van der Waals surface area (Å²) in [4.78, 5) is 5.30. The van der Waals surface area contributed by atoms with Crippen molar-refractivity contribution in [3.63, 3.8) is 0 Å². The fourth-order valence-electron chi connectivity index (χ4n) is 1.73. The fraction of sp³-hybridized carbons (Fsp3) is 0. The maximum atomic E-state index is 5.87. The summed E-state index contributed by atoms with van der Waals surface area (Å²) in [5.74, 6) is 0. The van der Waals surface area contributed by atoms with Crippen LogP contribution in [0.25, 0.3) is 21.3 Å². The molecule has 0 saturated carbocycles. The monoisotopic (exact) mass is 245 g/mol. The molecule has 3 aromatic rings. The second-order valence-corrected chi connectivity index (χ2v) is 4.75. The molecule has 0 amide bonds. The number of hydrogen-bond acceptors (Lipinski definition) is 2. The number of halogens is 1. The first-order chi connectivity index (χ1) is 7.84. The summed E-state index contributed by atoms with van der Waals surface area (Å²) in [6.07, 6.45) is 0. The van der Waals surface area contributed by atoms with E-state index in [0.717, 1.165) is 4.83 Å². The van der Waals surface area contributed by atoms with Gasteiger partial charge < -0.3 is 0 Å². The Balaban J connectivity index is 2.26. The molecule has 0 aliphatic heterocycles. The quantitative estimate of drug-likeness (QED) is 0.570. The second kappa shape index (κ2) is 3.89. The van der Waals surface area contributed by atoms with Gasteiger partial charge in [0.05, 0.1) is 0 Å². The molecule has 1 nitrogen and oxygen atoms in total. The van der Waals surface area contributed by atoms with Crippen LogP contribution in [-0.2, 0) is 0 Å². The van der Waals surface area contributed by atoms with Gasteiger partial charge in [0.1, 0.15) is 9.98 Å². The van der Waals surface area contributed by atoms with Crippen molar-refractivity contribution < 1.29 is 0 Å². The topological polar surface area (TPSA) is 12.9 Å². The average molecular weight is 246 g/mol. The van der Waals surface area contributed by atoms with Crippen molar-refractivity contribution in [3.8, 4) is 11.1 Å². The maximum Gasteiger partial charge on any atom is 0.130 e. The molecule has 2 heterocycles. The molecule has 0 N–H and O–H groups in total. The molecule has 0 saturated heterocycles. The summed E-state index contributed by atoms with van der Waals surface area (Å²) in [6, 6.07) is 14.2. The molecule has 78 valence electrons. The van der Waals surface area contributed by atoms with Gasteiger partial charge in [0.15, 0.2) is 0 Å². The highest BCUT2D eigenvalue weighted by atomic mass is 35.5. The second-order valence-electron chi connectivity index (χ2n) is 3.50. The number of nitrogens with zero attached hydrogens (tertiary/aromatic N) is 1. The third-order valence-corrected chi connectivity index (χ3v) is 3.59. The van der Waals surface area contributed by atoms with Crippen molar-refractivity contribution in [1.82, 2.24) is 4.98 Å². The van der Waals surface area contributed by atoms with Crippen LogP contribution < -0.4 is 0 Å². The minimum Gasteiger partial charge on any atom is -0.225 e. The Kier molecular flexibility index (Phi) is 2.39. The fourth-order valence-corrected chi connectivity index (χ4v) is 2.88. The lowest BCUT2D eigenvalue weighted by Gasteiger charge is -1.98. The zero-order chi connectivity index (χ0) is 11.0. The van der Waals surface area contributed by atoms with E-state index in [2.05, 4.69) is 22.5 Å². The summed E-state index contributed by atoms with van der Waals surface area (Å²) in [5, 5.41) is 3.85. The van der Waals surface area contributed by atoms with Gasteiger partial charge in [-0.1, -0.05) is 41.9 Å². The van der Waals surface area contributed by atoms with E-state index in [1.165, 1.54) is 16.5 Å². The predicted octanol–water partition coefficient (Wildman–Crippen LogP) is 4.62. The van der Waals surface area contributed by atoms with E-state index in [0.29, 0.717) is 5.15 Å². The van der Waals surface area contributed by atoms with Crippen LogP contribution in [0.15, 0.2) is 47.8 Å². The number of thiophene rings is 1. The molecule has 16 heavy (non-hydrogen) atoms. The molecule has 0 unspecified atom stereocenters. The van der Waals surface area contributed by atoms with Crippen molar-refractivity contribution in [1.29, 1.82) is 0 Å². The van der Waals surface area contributed by atoms with Crippen LogP contribution in [0.3, 0.4) is 0 Å². The minimum atomic E-state index is 0.550. The van der Waals surface area contributed by atoms with Crippen LogP contribution in [0, 0.1) is 0 Å². The number of aromatic nitrogens is 1. The van der Waals surface area contributed by atoms with Gasteiger partial charge in [-0.15, -0.1) is 11.3 Å². The van der Waals surface area contributed by atoms with E-state index >= 15 is 0 Å². The lowest BCUT2D eigenvalue weighted by molar-refractivity contribution is 1.44. The SMILES string of the molecule is Clc1ccc2c(-c3ccccc3)csc2n1. The number of benzene rings is 1. The lowest BCUT2D eigenvalue weighted by atomic mass is 10.1. The Hall–Kier alpha value is -1.38. The molecule has 0 aliphatic carbocycles. The highest BCUT2D eigenvalue weighted by Gasteiger charge is 2.06. The molecule has 0 fully saturated rings. The van der Waals surface area contributed by atoms with Crippen LogP contribution in [0.5, 0.6) is 0 Å². The molecule has 0 spiro atoms. The smallest absolute Gasteiger partial charge is 0.130 e. The van der Waals surface area contributed by atoms with E-state index in [-0.39, 0.29) is 0 Å². The third kappa shape index (κ3) is 1.60. The van der Waals surface area contributed by atoms with Gasteiger partial charge in [-0.25, -0.2) is 4.98 Å². The summed E-state index contributed by atoms with van der Waals surface area (Å²) < 4.78 is 0. The van der Waals surface area contributed by atoms with Crippen molar-refractivity contribution in [2.45, 2.75) is 0 Å². The number of hydrogen-bond donors (Lipinski definition) is 0. The molecule has 3 rings (SSSR count). The summed E-state index contributed by atoms with van der Waals surface area (Å²) in [6.45, 7) is 0. The van der Waals surface area contributed by atoms with Crippen LogP contribution in [0.1, 0.15) is 0 Å². The molecular weight excluding hydrogens is 238 g/mol. The Labute approximate surface area is 102 Å². The van der Waals surface area contributed by atoms with Gasteiger partial charge in [0, 0.05) is 16.3 Å². The molecule has 1 aromatic carbocycles. The molecule has 3 heteroatoms. The van der Waals surface area contributed by atoms with Gasteiger partial charge >= 0.3 is 0 Å². The molecule has 0 atom stereocenters. The van der Waals surface area contributed by atoms with Gasteiger partial charge in [-0.2, -0.15) is 0 Å². The van der Waals surface area contributed by atoms with Gasteiger partial charge in [-0.05, 0) is 17.7 Å². The van der Waals surface area contributed by atoms with Crippen molar-refractivity contribution >= 4 is 33.2 Å². The first kappa shape index (κ1) is 9.82. The molecule has 0 aliphatic rings. The number of pyridine rings is 1. The maximum absolute atomic E-state index is 5.87. The van der Waals surface area contributed by atoms with E-state index < -0.39 is 0 Å². The normalized spacial score (nSPS) is 10.8. The summed E-state index contributed by atoms with van der Waals surface area (Å²) >= 11 is 7.50. The Morgan fingerprint density at radius 3 is 2.62 bits per heavy atom. The summed E-state index contributed by atoms with van der Waals surface area (Å²) in [5.41, 5.74) is 2.45. The van der Waals surface area contributed by atoms with Crippen LogP contribution in [0.4, 0.5) is 0 Å². The Morgan fingerprint density at radius 1 is 1.00 bits per heavy atom. The van der Waals surface area contributed by atoms with Crippen LogP contribution in [-0.4, -0.2) is 4.98 Å². The minimum absolute atomic E-state index is 0.550. The standard InChI is InChI=1S/C13H8ClNS/c14-12-7-6-10-11(8-16-13(10)15-12)9-4-2-1-3-5-9/h1-8H. The average Bonchev–Trinajstić information content (AvgIpc) is 2.73. The van der Waals surface area contributed by atoms with Gasteiger partial charge in [-0.3, -0.25) is 0 Å². The zero-order valence-corrected chi connectivity index (χ0v) is 9.92. The first-order valence-electron chi connectivity index (χ1n) is 4.94. The highest BCUT2D eigenvalue weighted by Crippen LogP contribution is 2.33. The number of fused-ring (bicyclic) bond motifs is 1. The molecule has 2 aromatic heterocycles. The molecule has 0 radical (unpaired) electrons. The highest BCUT2D eigenvalue weighted by molar-refractivity contribution is 7.17. The lowest BCUT2D eigenvalue weighted by Crippen LogP contribution is -1.76. The van der Waals surface area contributed by atoms with E-state index in [1.807, 2.05) is 30.3 Å². The van der Waals surface area contributed by atoms with E-state index in [4.69, 9.17) is 11.6 Å². The number of rotatable bonds is 1. The first-order valence-corrected chi connectivity index (χ1v) is 6.19. The third-order valence-electron chi connectivity index (χ3n) is 2.49. The Morgan fingerprint density at radius 2 is 1.81 bits per heavy atom. The van der Waals surface area contributed by atoms with Crippen molar-refractivity contribution in [2.75, 3.05) is 0 Å². The predicted molar refractivity (Wildman–Crippen MR) is 70.1 cm³/mol. The van der Waals surface area contributed by atoms with Crippen LogP contribution in [0.2, 0.25) is 5.15 Å².